The van der Waals surface area contributed by atoms with Crippen molar-refractivity contribution in [3.05, 3.63) is 47.5 Å². The highest BCUT2D eigenvalue weighted by molar-refractivity contribution is 6.30. The maximum absolute atomic E-state index is 12.0. The highest BCUT2D eigenvalue weighted by Crippen LogP contribution is 2.27. The largest absolute Gasteiger partial charge is 0.391 e. The van der Waals surface area contributed by atoms with E-state index in [1.54, 1.807) is 29.5 Å². The summed E-state index contributed by atoms with van der Waals surface area (Å²) in [4.78, 5) is 16.0. The van der Waals surface area contributed by atoms with Crippen molar-refractivity contribution in [2.75, 3.05) is 6.61 Å². The van der Waals surface area contributed by atoms with Gasteiger partial charge in [-0.3, -0.25) is 14.5 Å². The Morgan fingerprint density at radius 2 is 2.32 bits per heavy atom. The summed E-state index contributed by atoms with van der Waals surface area (Å²) >= 11 is 5.86. The number of ether oxygens (including phenoxy) is 1. The zero-order valence-electron chi connectivity index (χ0n) is 13.7. The summed E-state index contributed by atoms with van der Waals surface area (Å²) < 4.78 is 7.15. The molecule has 0 radical (unpaired) electrons. The highest BCUT2D eigenvalue weighted by Gasteiger charge is 2.34. The number of nitrogens with one attached hydrogen (secondary N) is 1. The van der Waals surface area contributed by atoms with E-state index in [0.29, 0.717) is 31.0 Å². The molecule has 8 heteroatoms. The van der Waals surface area contributed by atoms with E-state index in [-0.39, 0.29) is 24.5 Å². The molecule has 1 unspecified atom stereocenters. The maximum atomic E-state index is 12.0. The molecule has 0 spiro atoms. The molecule has 1 aliphatic carbocycles. The molecule has 2 N–H and O–H groups in total. The minimum absolute atomic E-state index is 0.0441. The molecular formula is C17H21ClN4O3. The van der Waals surface area contributed by atoms with Crippen LogP contribution >= 0.6 is 11.6 Å². The van der Waals surface area contributed by atoms with Crippen LogP contribution in [0.25, 0.3) is 0 Å². The Balaban J connectivity index is 1.40. The molecule has 134 valence electrons. The van der Waals surface area contributed by atoms with Gasteiger partial charge in [-0.2, -0.15) is 5.10 Å². The third kappa shape index (κ3) is 5.26. The Labute approximate surface area is 151 Å². The van der Waals surface area contributed by atoms with Gasteiger partial charge in [-0.15, -0.1) is 0 Å². The first-order valence-corrected chi connectivity index (χ1v) is 8.60. The summed E-state index contributed by atoms with van der Waals surface area (Å²) in [5.41, 5.74) is 0.911. The quantitative estimate of drug-likeness (QED) is 0.775. The Kier molecular flexibility index (Phi) is 6.01. The summed E-state index contributed by atoms with van der Waals surface area (Å²) in [5.74, 6) is 0.0169. The molecule has 3 atom stereocenters. The third-order valence-corrected chi connectivity index (χ3v) is 4.44. The Bertz CT molecular complexity index is 694. The third-order valence-electron chi connectivity index (χ3n) is 4.24. The number of carbonyl (C=O) groups is 1. The smallest absolute Gasteiger partial charge is 0.246 e. The van der Waals surface area contributed by atoms with Gasteiger partial charge in [0, 0.05) is 25.1 Å². The standard InChI is InChI=1S/C17H21ClN4O3/c18-14-7-20-22(9-14)8-13-4-15(16(23)5-13)21-17(24)11-25-10-12-2-1-3-19-6-12/h1-3,6-7,9,13,15-16,23H,4-5,8,10-11H2,(H,21,24)/t13?,15-,16-/m1/s1. The second-order valence-electron chi connectivity index (χ2n) is 6.31. The van der Waals surface area contributed by atoms with Crippen molar-refractivity contribution in [3.8, 4) is 0 Å². The van der Waals surface area contributed by atoms with Crippen LogP contribution in [0.4, 0.5) is 0 Å². The van der Waals surface area contributed by atoms with Gasteiger partial charge in [-0.05, 0) is 30.4 Å². The number of aliphatic hydroxyl groups excluding tert-OH is 1. The first kappa shape index (κ1) is 17.8. The molecular weight excluding hydrogens is 344 g/mol. The van der Waals surface area contributed by atoms with Crippen LogP contribution in [0, 0.1) is 5.92 Å². The van der Waals surface area contributed by atoms with E-state index in [2.05, 4.69) is 15.4 Å². The SMILES string of the molecule is O=C(COCc1cccnc1)N[C@@H]1CC(Cn2cc(Cl)cn2)C[C@H]1O. The minimum Gasteiger partial charge on any atom is -0.391 e. The molecule has 0 aliphatic heterocycles. The van der Waals surface area contributed by atoms with Crippen molar-refractivity contribution in [3.63, 3.8) is 0 Å². The van der Waals surface area contributed by atoms with Crippen LogP contribution in [-0.2, 0) is 22.7 Å². The normalized spacial score (nSPS) is 22.9. The summed E-state index contributed by atoms with van der Waals surface area (Å²) in [6.07, 6.45) is 7.50. The van der Waals surface area contributed by atoms with Crippen LogP contribution in [0.3, 0.4) is 0 Å². The first-order valence-electron chi connectivity index (χ1n) is 8.22. The van der Waals surface area contributed by atoms with Crippen molar-refractivity contribution in [1.82, 2.24) is 20.1 Å². The fourth-order valence-electron chi connectivity index (χ4n) is 3.12. The van der Waals surface area contributed by atoms with Gasteiger partial charge >= 0.3 is 0 Å². The summed E-state index contributed by atoms with van der Waals surface area (Å²) in [6, 6.07) is 3.45. The number of pyridine rings is 1. The second-order valence-corrected chi connectivity index (χ2v) is 6.75. The van der Waals surface area contributed by atoms with Crippen molar-refractivity contribution in [2.24, 2.45) is 5.92 Å². The number of amides is 1. The molecule has 2 heterocycles. The maximum Gasteiger partial charge on any atom is 0.246 e. The van der Waals surface area contributed by atoms with Crippen LogP contribution in [0.2, 0.25) is 5.02 Å². The molecule has 0 saturated heterocycles. The summed E-state index contributed by atoms with van der Waals surface area (Å²) in [5, 5.41) is 17.8. The molecule has 1 saturated carbocycles. The van der Waals surface area contributed by atoms with E-state index < -0.39 is 6.10 Å². The van der Waals surface area contributed by atoms with Gasteiger partial charge in [0.15, 0.2) is 0 Å². The predicted molar refractivity (Wildman–Crippen MR) is 91.8 cm³/mol. The van der Waals surface area contributed by atoms with Gasteiger partial charge in [-0.1, -0.05) is 17.7 Å². The molecule has 1 aliphatic rings. The van der Waals surface area contributed by atoms with Gasteiger partial charge in [0.25, 0.3) is 0 Å². The number of halogens is 1. The fourth-order valence-corrected chi connectivity index (χ4v) is 3.27. The number of hydrogen-bond donors (Lipinski definition) is 2. The Hall–Kier alpha value is -1.96. The van der Waals surface area contributed by atoms with Crippen molar-refractivity contribution in [1.29, 1.82) is 0 Å². The van der Waals surface area contributed by atoms with Crippen molar-refractivity contribution < 1.29 is 14.6 Å². The molecule has 25 heavy (non-hydrogen) atoms. The van der Waals surface area contributed by atoms with Crippen LogP contribution in [0.15, 0.2) is 36.9 Å². The number of aliphatic hydroxyl groups is 1. The molecule has 7 nitrogen and oxygen atoms in total. The Morgan fingerprint density at radius 1 is 1.44 bits per heavy atom. The average Bonchev–Trinajstić information content (AvgIpc) is 3.14. The first-order chi connectivity index (χ1) is 12.1. The zero-order chi connectivity index (χ0) is 17.6. The number of hydrogen-bond acceptors (Lipinski definition) is 5. The molecule has 2 aromatic rings. The lowest BCUT2D eigenvalue weighted by atomic mass is 10.1. The molecule has 1 amide bonds. The zero-order valence-corrected chi connectivity index (χ0v) is 14.5. The van der Waals surface area contributed by atoms with Gasteiger partial charge < -0.3 is 15.2 Å². The molecule has 0 bridgehead atoms. The van der Waals surface area contributed by atoms with E-state index in [4.69, 9.17) is 16.3 Å². The lowest BCUT2D eigenvalue weighted by Crippen LogP contribution is -2.41. The molecule has 0 aromatic carbocycles. The fraction of sp³-hybridized carbons (Fsp3) is 0.471. The van der Waals surface area contributed by atoms with E-state index >= 15 is 0 Å². The van der Waals surface area contributed by atoms with Gasteiger partial charge in [0.05, 0.1) is 30.0 Å². The minimum atomic E-state index is -0.557. The monoisotopic (exact) mass is 364 g/mol. The van der Waals surface area contributed by atoms with Crippen LogP contribution < -0.4 is 5.32 Å². The van der Waals surface area contributed by atoms with Crippen molar-refractivity contribution >= 4 is 17.5 Å². The lowest BCUT2D eigenvalue weighted by molar-refractivity contribution is -0.127. The number of aromatic nitrogens is 3. The molecule has 2 aromatic heterocycles. The van der Waals surface area contributed by atoms with Crippen LogP contribution in [0.5, 0.6) is 0 Å². The number of rotatable bonds is 7. The highest BCUT2D eigenvalue weighted by atomic mass is 35.5. The predicted octanol–water partition coefficient (Wildman–Crippen LogP) is 1.40. The summed E-state index contributed by atoms with van der Waals surface area (Å²) in [7, 11) is 0. The molecule has 3 rings (SSSR count). The van der Waals surface area contributed by atoms with Crippen LogP contribution in [-0.4, -0.2) is 44.5 Å². The van der Waals surface area contributed by atoms with Gasteiger partial charge in [-0.25, -0.2) is 0 Å². The molecule has 1 fully saturated rings. The van der Waals surface area contributed by atoms with E-state index in [1.165, 1.54) is 0 Å². The topological polar surface area (TPSA) is 89.3 Å². The van der Waals surface area contributed by atoms with E-state index in [1.807, 2.05) is 12.1 Å². The van der Waals surface area contributed by atoms with Crippen LogP contribution in [0.1, 0.15) is 18.4 Å². The number of carbonyl (C=O) groups excluding carboxylic acids is 1. The average molecular weight is 365 g/mol. The van der Waals surface area contributed by atoms with E-state index in [0.717, 1.165) is 5.56 Å². The van der Waals surface area contributed by atoms with Crippen molar-refractivity contribution in [2.45, 2.75) is 38.1 Å². The second kappa shape index (κ2) is 8.42. The summed E-state index contributed by atoms with van der Waals surface area (Å²) in [6.45, 7) is 0.961. The lowest BCUT2D eigenvalue weighted by Gasteiger charge is -2.16. The Morgan fingerprint density at radius 3 is 3.04 bits per heavy atom. The number of nitrogens with zero attached hydrogens (tertiary/aromatic N) is 3. The van der Waals surface area contributed by atoms with Gasteiger partial charge in [0.2, 0.25) is 5.91 Å². The van der Waals surface area contributed by atoms with Gasteiger partial charge in [0.1, 0.15) is 6.61 Å². The van der Waals surface area contributed by atoms with E-state index in [9.17, 15) is 9.90 Å².